The van der Waals surface area contributed by atoms with Crippen LogP contribution in [0.25, 0.3) is 0 Å². The molecule has 0 aliphatic carbocycles. The van der Waals surface area contributed by atoms with Crippen LogP contribution in [0.4, 0.5) is 5.69 Å². The van der Waals surface area contributed by atoms with E-state index in [2.05, 4.69) is 6.07 Å². The average molecular weight is 225 g/mol. The number of non-ortho nitro benzene ring substituents is 1. The zero-order valence-electron chi connectivity index (χ0n) is 8.32. The van der Waals surface area contributed by atoms with Crippen molar-refractivity contribution in [3.8, 4) is 6.07 Å². The molecule has 0 saturated carbocycles. The Morgan fingerprint density at radius 3 is 2.60 bits per heavy atom. The van der Waals surface area contributed by atoms with Crippen LogP contribution in [0, 0.1) is 21.4 Å². The third kappa shape index (κ3) is 2.25. The predicted octanol–water partition coefficient (Wildman–Crippen LogP) is 3.05. The summed E-state index contributed by atoms with van der Waals surface area (Å²) in [6.07, 6.45) is 0. The molecule has 0 amide bonds. The molecule has 0 fully saturated rings. The topological polar surface area (TPSA) is 66.9 Å². The zero-order valence-corrected chi connectivity index (χ0v) is 9.08. The first-order valence-electron chi connectivity index (χ1n) is 4.24. The first-order valence-corrected chi connectivity index (χ1v) is 4.62. The highest BCUT2D eigenvalue weighted by molar-refractivity contribution is 6.31. The Morgan fingerprint density at radius 2 is 2.13 bits per heavy atom. The summed E-state index contributed by atoms with van der Waals surface area (Å²) < 4.78 is 0. The molecule has 5 heteroatoms. The fourth-order valence-electron chi connectivity index (χ4n) is 1.17. The molecule has 0 aliphatic rings. The molecular formula is C10H9ClN2O2. The van der Waals surface area contributed by atoms with Crippen molar-refractivity contribution >= 4 is 17.3 Å². The molecule has 0 aromatic heterocycles. The number of rotatable bonds is 2. The molecule has 0 bridgehead atoms. The maximum absolute atomic E-state index is 10.6. The van der Waals surface area contributed by atoms with Crippen molar-refractivity contribution in [1.29, 1.82) is 5.26 Å². The number of benzene rings is 1. The number of nitro groups is 1. The lowest BCUT2D eigenvalue weighted by Crippen LogP contribution is -2.14. The second-order valence-electron chi connectivity index (χ2n) is 3.66. The minimum Gasteiger partial charge on any atom is -0.258 e. The van der Waals surface area contributed by atoms with E-state index in [-0.39, 0.29) is 5.69 Å². The lowest BCUT2D eigenvalue weighted by atomic mass is 9.86. The third-order valence-electron chi connectivity index (χ3n) is 2.11. The van der Waals surface area contributed by atoms with E-state index in [0.717, 1.165) is 0 Å². The van der Waals surface area contributed by atoms with Crippen molar-refractivity contribution in [1.82, 2.24) is 0 Å². The number of nitriles is 1. The van der Waals surface area contributed by atoms with Crippen LogP contribution in [0.2, 0.25) is 5.02 Å². The van der Waals surface area contributed by atoms with Gasteiger partial charge in [-0.25, -0.2) is 0 Å². The van der Waals surface area contributed by atoms with Crippen LogP contribution in [0.15, 0.2) is 18.2 Å². The highest BCUT2D eigenvalue weighted by Crippen LogP contribution is 2.32. The van der Waals surface area contributed by atoms with Gasteiger partial charge in [0, 0.05) is 17.2 Å². The van der Waals surface area contributed by atoms with Crippen LogP contribution in [0.1, 0.15) is 19.4 Å². The molecule has 0 N–H and O–H groups in total. The summed E-state index contributed by atoms with van der Waals surface area (Å²) in [4.78, 5) is 10.1. The van der Waals surface area contributed by atoms with Gasteiger partial charge in [0.1, 0.15) is 0 Å². The van der Waals surface area contributed by atoms with Gasteiger partial charge in [0.2, 0.25) is 0 Å². The predicted molar refractivity (Wildman–Crippen MR) is 56.7 cm³/mol. The molecule has 1 aromatic rings. The highest BCUT2D eigenvalue weighted by atomic mass is 35.5. The minimum atomic E-state index is -0.830. The maximum atomic E-state index is 10.6. The largest absolute Gasteiger partial charge is 0.269 e. The molecule has 0 unspecified atom stereocenters. The summed E-state index contributed by atoms with van der Waals surface area (Å²) in [6, 6.07) is 6.15. The lowest BCUT2D eigenvalue weighted by molar-refractivity contribution is -0.384. The maximum Gasteiger partial charge on any atom is 0.269 e. The Balaban J connectivity index is 3.36. The molecule has 15 heavy (non-hydrogen) atoms. The summed E-state index contributed by atoms with van der Waals surface area (Å²) >= 11 is 5.89. The smallest absolute Gasteiger partial charge is 0.258 e. The molecule has 4 nitrogen and oxygen atoms in total. The molecule has 78 valence electrons. The molecule has 0 radical (unpaired) electrons. The second kappa shape index (κ2) is 3.87. The first-order chi connectivity index (χ1) is 6.88. The molecule has 0 saturated heterocycles. The number of halogens is 1. The van der Waals surface area contributed by atoms with Crippen LogP contribution in [0.3, 0.4) is 0 Å². The third-order valence-corrected chi connectivity index (χ3v) is 2.44. The van der Waals surface area contributed by atoms with E-state index < -0.39 is 10.3 Å². The van der Waals surface area contributed by atoms with Gasteiger partial charge in [-0.1, -0.05) is 11.6 Å². The van der Waals surface area contributed by atoms with Gasteiger partial charge in [-0.15, -0.1) is 0 Å². The normalized spacial score (nSPS) is 10.8. The Labute approximate surface area is 92.2 Å². The van der Waals surface area contributed by atoms with Crippen molar-refractivity contribution in [3.63, 3.8) is 0 Å². The Hall–Kier alpha value is -1.60. The van der Waals surface area contributed by atoms with Crippen molar-refractivity contribution in [2.75, 3.05) is 0 Å². The van der Waals surface area contributed by atoms with E-state index in [0.29, 0.717) is 10.6 Å². The van der Waals surface area contributed by atoms with E-state index in [1.807, 2.05) is 0 Å². The minimum absolute atomic E-state index is 0.0577. The Morgan fingerprint density at radius 1 is 1.53 bits per heavy atom. The summed E-state index contributed by atoms with van der Waals surface area (Å²) in [5, 5.41) is 19.8. The standard InChI is InChI=1S/C10H9ClN2O2/c1-10(2,6-12)8-5-7(13(14)15)3-4-9(8)11/h3-5H,1-2H3. The van der Waals surface area contributed by atoms with Crippen molar-refractivity contribution in [2.24, 2.45) is 0 Å². The number of hydrogen-bond donors (Lipinski definition) is 0. The van der Waals surface area contributed by atoms with Gasteiger partial charge >= 0.3 is 0 Å². The van der Waals surface area contributed by atoms with E-state index in [4.69, 9.17) is 16.9 Å². The molecule has 0 atom stereocenters. The zero-order chi connectivity index (χ0) is 11.6. The van der Waals surface area contributed by atoms with Crippen LogP contribution in [-0.2, 0) is 5.41 Å². The second-order valence-corrected chi connectivity index (χ2v) is 4.07. The molecule has 0 spiro atoms. The SMILES string of the molecule is CC(C)(C#N)c1cc([N+](=O)[O-])ccc1Cl. The number of hydrogen-bond acceptors (Lipinski definition) is 3. The highest BCUT2D eigenvalue weighted by Gasteiger charge is 2.25. The lowest BCUT2D eigenvalue weighted by Gasteiger charge is -2.16. The van der Waals surface area contributed by atoms with E-state index in [1.165, 1.54) is 18.2 Å². The van der Waals surface area contributed by atoms with Crippen LogP contribution in [-0.4, -0.2) is 4.92 Å². The van der Waals surface area contributed by atoms with Gasteiger partial charge in [0.05, 0.1) is 16.4 Å². The van der Waals surface area contributed by atoms with Crippen molar-refractivity contribution < 1.29 is 4.92 Å². The molecule has 0 heterocycles. The summed E-state index contributed by atoms with van der Waals surface area (Å²) in [7, 11) is 0. The van der Waals surface area contributed by atoms with E-state index in [1.54, 1.807) is 13.8 Å². The van der Waals surface area contributed by atoms with E-state index >= 15 is 0 Å². The van der Waals surface area contributed by atoms with Gasteiger partial charge in [0.15, 0.2) is 0 Å². The molecule has 0 aliphatic heterocycles. The van der Waals surface area contributed by atoms with Crippen molar-refractivity contribution in [3.05, 3.63) is 38.9 Å². The fourth-order valence-corrected chi connectivity index (χ4v) is 1.52. The van der Waals surface area contributed by atoms with Crippen LogP contribution in [0.5, 0.6) is 0 Å². The van der Waals surface area contributed by atoms with Gasteiger partial charge in [-0.05, 0) is 25.5 Å². The molecular weight excluding hydrogens is 216 g/mol. The van der Waals surface area contributed by atoms with Gasteiger partial charge in [-0.2, -0.15) is 5.26 Å². The Kier molecular flexibility index (Phi) is 2.96. The van der Waals surface area contributed by atoms with Crippen molar-refractivity contribution in [2.45, 2.75) is 19.3 Å². The first kappa shape index (κ1) is 11.5. The van der Waals surface area contributed by atoms with Gasteiger partial charge in [-0.3, -0.25) is 10.1 Å². The Bertz CT molecular complexity index is 449. The van der Waals surface area contributed by atoms with E-state index in [9.17, 15) is 10.1 Å². The summed E-state index contributed by atoms with van der Waals surface area (Å²) in [5.74, 6) is 0. The number of nitrogens with zero attached hydrogens (tertiary/aromatic N) is 2. The average Bonchev–Trinajstić information content (AvgIpc) is 2.17. The fraction of sp³-hybridized carbons (Fsp3) is 0.300. The van der Waals surface area contributed by atoms with Gasteiger partial charge < -0.3 is 0 Å². The molecule has 1 rings (SSSR count). The monoisotopic (exact) mass is 224 g/mol. The summed E-state index contributed by atoms with van der Waals surface area (Å²) in [5.41, 5.74) is -0.415. The van der Waals surface area contributed by atoms with Crippen LogP contribution >= 0.6 is 11.6 Å². The quantitative estimate of drug-likeness (QED) is 0.573. The van der Waals surface area contributed by atoms with Crippen LogP contribution < -0.4 is 0 Å². The summed E-state index contributed by atoms with van der Waals surface area (Å²) in [6.45, 7) is 3.33. The molecule has 1 aromatic carbocycles. The van der Waals surface area contributed by atoms with Gasteiger partial charge in [0.25, 0.3) is 5.69 Å². The number of nitro benzene ring substituents is 1.